The van der Waals surface area contributed by atoms with Crippen LogP contribution >= 0.6 is 0 Å². The Labute approximate surface area is 124 Å². The van der Waals surface area contributed by atoms with Gasteiger partial charge < -0.3 is 10.5 Å². The fraction of sp³-hybridized carbons (Fsp3) is 0.438. The number of aliphatic hydroxyl groups excluding tert-OH is 1. The third kappa shape index (κ3) is 3.00. The van der Waals surface area contributed by atoms with Crippen LogP contribution in [-0.2, 0) is 6.54 Å². The van der Waals surface area contributed by atoms with E-state index in [0.29, 0.717) is 5.92 Å². The maximum absolute atomic E-state index is 9.71. The molecule has 2 atom stereocenters. The molecule has 1 aromatic heterocycles. The molecule has 2 aromatic rings. The number of nitrogens with two attached hydrogens (primary N) is 1. The number of nitrogen functional groups attached to an aromatic ring is 1. The summed E-state index contributed by atoms with van der Waals surface area (Å²) in [5.74, 6) is 6.72. The number of nitrogens with zero attached hydrogens (tertiary/aromatic N) is 2. The summed E-state index contributed by atoms with van der Waals surface area (Å²) >= 11 is 0. The number of pyridine rings is 1. The van der Waals surface area contributed by atoms with Crippen molar-refractivity contribution >= 4 is 16.7 Å². The molecule has 1 aliphatic rings. The second-order valence-corrected chi connectivity index (χ2v) is 5.86. The topological polar surface area (TPSA) is 74.4 Å². The Kier molecular flexibility index (Phi) is 4.05. The molecule has 1 fully saturated rings. The number of benzene rings is 1. The number of hydrogen-bond acceptors (Lipinski definition) is 5. The Hall–Kier alpha value is -1.69. The number of aromatic nitrogens is 1. The minimum atomic E-state index is -0.239. The zero-order valence-corrected chi connectivity index (χ0v) is 12.3. The van der Waals surface area contributed by atoms with Crippen molar-refractivity contribution in [1.82, 2.24) is 9.88 Å². The monoisotopic (exact) mass is 286 g/mol. The van der Waals surface area contributed by atoms with Gasteiger partial charge in [-0.2, -0.15) is 0 Å². The Morgan fingerprint density at radius 1 is 1.48 bits per heavy atom. The first-order chi connectivity index (χ1) is 10.2. The summed E-state index contributed by atoms with van der Waals surface area (Å²) in [7, 11) is 0. The van der Waals surface area contributed by atoms with E-state index in [4.69, 9.17) is 5.84 Å². The first-order valence-corrected chi connectivity index (χ1v) is 7.43. The highest BCUT2D eigenvalue weighted by Crippen LogP contribution is 2.25. The van der Waals surface area contributed by atoms with Crippen molar-refractivity contribution in [2.45, 2.75) is 26.0 Å². The van der Waals surface area contributed by atoms with Crippen molar-refractivity contribution in [1.29, 1.82) is 0 Å². The first-order valence-electron chi connectivity index (χ1n) is 7.43. The maximum atomic E-state index is 9.71. The van der Waals surface area contributed by atoms with E-state index >= 15 is 0 Å². The molecule has 0 bridgehead atoms. The van der Waals surface area contributed by atoms with Crippen molar-refractivity contribution in [3.8, 4) is 0 Å². The van der Waals surface area contributed by atoms with Gasteiger partial charge >= 0.3 is 0 Å². The third-order valence-electron chi connectivity index (χ3n) is 4.32. The van der Waals surface area contributed by atoms with Crippen molar-refractivity contribution in [2.75, 3.05) is 18.5 Å². The fourth-order valence-electron chi connectivity index (χ4n) is 3.05. The van der Waals surface area contributed by atoms with Crippen LogP contribution in [0.2, 0.25) is 0 Å². The number of rotatable bonds is 4. The lowest BCUT2D eigenvalue weighted by molar-refractivity contribution is 0.127. The van der Waals surface area contributed by atoms with Gasteiger partial charge in [-0.05, 0) is 37.9 Å². The zero-order valence-electron chi connectivity index (χ0n) is 12.3. The molecule has 4 N–H and O–H groups in total. The van der Waals surface area contributed by atoms with Gasteiger partial charge in [0, 0.05) is 24.0 Å². The largest absolute Gasteiger partial charge is 0.393 e. The Bertz CT molecular complexity index is 629. The molecule has 112 valence electrons. The number of nitrogens with one attached hydrogen (secondary N) is 1. The van der Waals surface area contributed by atoms with Gasteiger partial charge in [-0.15, -0.1) is 0 Å². The van der Waals surface area contributed by atoms with Crippen LogP contribution in [0.15, 0.2) is 30.3 Å². The molecule has 1 saturated heterocycles. The van der Waals surface area contributed by atoms with Gasteiger partial charge in [-0.25, -0.2) is 10.8 Å². The van der Waals surface area contributed by atoms with Crippen LogP contribution in [0.3, 0.4) is 0 Å². The molecule has 21 heavy (non-hydrogen) atoms. The molecule has 5 heteroatoms. The van der Waals surface area contributed by atoms with E-state index in [9.17, 15) is 5.11 Å². The van der Waals surface area contributed by atoms with Crippen LogP contribution in [0.1, 0.15) is 18.9 Å². The number of hydrazine groups is 1. The highest BCUT2D eigenvalue weighted by Gasteiger charge is 2.26. The van der Waals surface area contributed by atoms with E-state index in [-0.39, 0.29) is 6.10 Å². The lowest BCUT2D eigenvalue weighted by atomic mass is 10.0. The van der Waals surface area contributed by atoms with Gasteiger partial charge in [0.05, 0.1) is 11.6 Å². The number of fused-ring (bicyclic) bond motifs is 1. The van der Waals surface area contributed by atoms with Gasteiger partial charge in [0.25, 0.3) is 0 Å². The van der Waals surface area contributed by atoms with Crippen LogP contribution in [0.25, 0.3) is 10.9 Å². The van der Waals surface area contributed by atoms with Crippen LogP contribution in [0, 0.1) is 5.92 Å². The lowest BCUT2D eigenvalue weighted by Crippen LogP contribution is -2.25. The molecule has 1 aliphatic heterocycles. The summed E-state index contributed by atoms with van der Waals surface area (Å²) in [5, 5.41) is 10.8. The predicted molar refractivity (Wildman–Crippen MR) is 84.6 cm³/mol. The summed E-state index contributed by atoms with van der Waals surface area (Å²) in [4.78, 5) is 6.93. The highest BCUT2D eigenvalue weighted by molar-refractivity contribution is 5.81. The van der Waals surface area contributed by atoms with E-state index in [1.54, 1.807) is 0 Å². The number of anilines is 1. The van der Waals surface area contributed by atoms with E-state index in [0.717, 1.165) is 48.3 Å². The fourth-order valence-corrected chi connectivity index (χ4v) is 3.05. The number of hydrogen-bond donors (Lipinski definition) is 3. The molecular weight excluding hydrogens is 264 g/mol. The van der Waals surface area contributed by atoms with Crippen molar-refractivity contribution in [3.05, 3.63) is 35.9 Å². The summed E-state index contributed by atoms with van der Waals surface area (Å²) in [6.45, 7) is 4.61. The van der Waals surface area contributed by atoms with Crippen LogP contribution in [0.4, 0.5) is 5.82 Å². The highest BCUT2D eigenvalue weighted by atomic mass is 16.3. The zero-order chi connectivity index (χ0) is 14.8. The standard InChI is InChI=1S/C16H22N4O/c1-11(21)13-6-7-20(9-13)10-14-8-12-4-2-3-5-15(12)18-16(14)19-17/h2-5,8,11,13,21H,6-7,9-10,17H2,1H3,(H,18,19). The molecule has 0 saturated carbocycles. The maximum Gasteiger partial charge on any atom is 0.145 e. The predicted octanol–water partition coefficient (Wildman–Crippen LogP) is 1.72. The average molecular weight is 286 g/mol. The van der Waals surface area contributed by atoms with Gasteiger partial charge in [0.1, 0.15) is 5.82 Å². The quantitative estimate of drug-likeness (QED) is 0.589. The van der Waals surface area contributed by atoms with Gasteiger partial charge in [0.15, 0.2) is 0 Å². The Morgan fingerprint density at radius 2 is 2.29 bits per heavy atom. The normalized spacial score (nSPS) is 20.8. The molecule has 2 heterocycles. The molecule has 2 unspecified atom stereocenters. The molecular formula is C16H22N4O. The summed E-state index contributed by atoms with van der Waals surface area (Å²) in [6, 6.07) is 10.2. The van der Waals surface area contributed by atoms with Crippen LogP contribution < -0.4 is 11.3 Å². The Morgan fingerprint density at radius 3 is 3.00 bits per heavy atom. The van der Waals surface area contributed by atoms with Crippen LogP contribution in [0.5, 0.6) is 0 Å². The van der Waals surface area contributed by atoms with E-state index in [2.05, 4.69) is 27.4 Å². The SMILES string of the molecule is CC(O)C1CCN(Cc2cc3ccccc3nc2NN)C1. The van der Waals surface area contributed by atoms with E-state index in [1.807, 2.05) is 25.1 Å². The summed E-state index contributed by atoms with van der Waals surface area (Å²) in [6.07, 6.45) is 0.807. The molecule has 5 nitrogen and oxygen atoms in total. The number of aliphatic hydroxyl groups is 1. The number of para-hydroxylation sites is 1. The minimum absolute atomic E-state index is 0.239. The molecule has 1 aromatic carbocycles. The van der Waals surface area contributed by atoms with E-state index < -0.39 is 0 Å². The molecule has 0 radical (unpaired) electrons. The number of likely N-dealkylation sites (tertiary alicyclic amines) is 1. The summed E-state index contributed by atoms with van der Waals surface area (Å²) in [5.41, 5.74) is 4.75. The van der Waals surface area contributed by atoms with Crippen molar-refractivity contribution in [2.24, 2.45) is 11.8 Å². The smallest absolute Gasteiger partial charge is 0.145 e. The van der Waals surface area contributed by atoms with Gasteiger partial charge in [-0.1, -0.05) is 18.2 Å². The lowest BCUT2D eigenvalue weighted by Gasteiger charge is -2.19. The Balaban J connectivity index is 1.83. The van der Waals surface area contributed by atoms with Crippen LogP contribution in [-0.4, -0.2) is 34.2 Å². The second kappa shape index (κ2) is 5.97. The third-order valence-corrected chi connectivity index (χ3v) is 4.32. The molecule has 0 spiro atoms. The first kappa shape index (κ1) is 14.3. The molecule has 3 rings (SSSR count). The van der Waals surface area contributed by atoms with E-state index in [1.165, 1.54) is 0 Å². The average Bonchev–Trinajstić information content (AvgIpc) is 2.95. The molecule has 0 aliphatic carbocycles. The van der Waals surface area contributed by atoms with Crippen molar-refractivity contribution < 1.29 is 5.11 Å². The van der Waals surface area contributed by atoms with Gasteiger partial charge in [-0.3, -0.25) is 4.90 Å². The molecule has 0 amide bonds. The second-order valence-electron chi connectivity index (χ2n) is 5.86. The minimum Gasteiger partial charge on any atom is -0.393 e. The summed E-state index contributed by atoms with van der Waals surface area (Å²) < 4.78 is 0. The van der Waals surface area contributed by atoms with Crippen molar-refractivity contribution in [3.63, 3.8) is 0 Å². The van der Waals surface area contributed by atoms with Gasteiger partial charge in [0.2, 0.25) is 0 Å².